The van der Waals surface area contributed by atoms with Gasteiger partial charge in [0.05, 0.1) is 5.56 Å². The normalized spacial score (nSPS) is 10.3. The molecular formula is C11H10BrClN4O. The summed E-state index contributed by atoms with van der Waals surface area (Å²) in [6, 6.07) is 5.08. The molecule has 7 heteroatoms. The number of amides is 1. The van der Waals surface area contributed by atoms with Crippen LogP contribution in [0.5, 0.6) is 0 Å². The van der Waals surface area contributed by atoms with Gasteiger partial charge in [-0.3, -0.25) is 9.89 Å². The second-order valence-electron chi connectivity index (χ2n) is 3.56. The monoisotopic (exact) mass is 328 g/mol. The van der Waals surface area contributed by atoms with E-state index >= 15 is 0 Å². The maximum atomic E-state index is 11.9. The predicted molar refractivity (Wildman–Crippen MR) is 71.6 cm³/mol. The summed E-state index contributed by atoms with van der Waals surface area (Å²) in [6.45, 7) is 0.479. The summed E-state index contributed by atoms with van der Waals surface area (Å²) in [5.41, 5.74) is 0.514. The lowest BCUT2D eigenvalue weighted by molar-refractivity contribution is 0.0953. The number of H-pyrrole nitrogens is 1. The topological polar surface area (TPSA) is 70.7 Å². The van der Waals surface area contributed by atoms with E-state index in [1.807, 2.05) is 0 Å². The van der Waals surface area contributed by atoms with E-state index in [-0.39, 0.29) is 5.91 Å². The lowest BCUT2D eigenvalue weighted by Crippen LogP contribution is -2.26. The number of nitrogens with zero attached hydrogens (tertiary/aromatic N) is 2. The van der Waals surface area contributed by atoms with Crippen molar-refractivity contribution in [2.24, 2.45) is 0 Å². The van der Waals surface area contributed by atoms with Crippen molar-refractivity contribution in [3.63, 3.8) is 0 Å². The average Bonchev–Trinajstić information content (AvgIpc) is 2.85. The molecule has 0 fully saturated rings. The smallest absolute Gasteiger partial charge is 0.252 e. The molecule has 0 aliphatic carbocycles. The standard InChI is InChI=1S/C11H10BrClN4O/c12-9-2-1-7(13)5-8(9)11(18)14-4-3-10-15-6-16-17-10/h1-2,5-6H,3-4H2,(H,14,18)(H,15,16,17). The molecule has 0 bridgehead atoms. The third kappa shape index (κ3) is 3.30. The third-order valence-electron chi connectivity index (χ3n) is 2.29. The Labute approximate surface area is 117 Å². The van der Waals surface area contributed by atoms with Crippen LogP contribution in [0.1, 0.15) is 16.2 Å². The number of carbonyl (C=O) groups is 1. The van der Waals surface area contributed by atoms with Crippen molar-refractivity contribution in [1.82, 2.24) is 20.5 Å². The number of benzene rings is 1. The Morgan fingerprint density at radius 1 is 1.50 bits per heavy atom. The number of aromatic nitrogens is 3. The highest BCUT2D eigenvalue weighted by atomic mass is 79.9. The van der Waals surface area contributed by atoms with Gasteiger partial charge >= 0.3 is 0 Å². The number of carbonyl (C=O) groups excluding carboxylic acids is 1. The molecular weight excluding hydrogens is 320 g/mol. The van der Waals surface area contributed by atoms with Gasteiger partial charge in [-0.25, -0.2) is 4.98 Å². The highest BCUT2D eigenvalue weighted by Crippen LogP contribution is 2.20. The highest BCUT2D eigenvalue weighted by molar-refractivity contribution is 9.10. The molecule has 1 aromatic carbocycles. The minimum Gasteiger partial charge on any atom is -0.352 e. The molecule has 94 valence electrons. The summed E-state index contributed by atoms with van der Waals surface area (Å²) in [5, 5.41) is 9.77. The fourth-order valence-electron chi connectivity index (χ4n) is 1.41. The molecule has 0 saturated heterocycles. The minimum absolute atomic E-state index is 0.177. The zero-order chi connectivity index (χ0) is 13.0. The van der Waals surface area contributed by atoms with Crippen molar-refractivity contribution in [2.75, 3.05) is 6.54 Å². The quantitative estimate of drug-likeness (QED) is 0.903. The average molecular weight is 330 g/mol. The second kappa shape index (κ2) is 5.97. The van der Waals surface area contributed by atoms with Gasteiger partial charge in [0, 0.05) is 22.5 Å². The first-order valence-electron chi connectivity index (χ1n) is 5.24. The molecule has 1 aromatic heterocycles. The van der Waals surface area contributed by atoms with Crippen LogP contribution in [0.25, 0.3) is 0 Å². The van der Waals surface area contributed by atoms with Crippen molar-refractivity contribution in [3.8, 4) is 0 Å². The van der Waals surface area contributed by atoms with Crippen LogP contribution < -0.4 is 5.32 Å². The summed E-state index contributed by atoms with van der Waals surface area (Å²) in [7, 11) is 0. The highest BCUT2D eigenvalue weighted by Gasteiger charge is 2.10. The van der Waals surface area contributed by atoms with Gasteiger partial charge in [0.15, 0.2) is 0 Å². The summed E-state index contributed by atoms with van der Waals surface area (Å²) in [6.07, 6.45) is 2.04. The van der Waals surface area contributed by atoms with Gasteiger partial charge in [-0.2, -0.15) is 5.10 Å². The van der Waals surface area contributed by atoms with Crippen LogP contribution >= 0.6 is 27.5 Å². The van der Waals surface area contributed by atoms with E-state index in [0.717, 1.165) is 5.82 Å². The Morgan fingerprint density at radius 3 is 3.06 bits per heavy atom. The van der Waals surface area contributed by atoms with E-state index in [4.69, 9.17) is 11.6 Å². The first-order valence-corrected chi connectivity index (χ1v) is 6.41. The largest absolute Gasteiger partial charge is 0.352 e. The molecule has 0 unspecified atom stereocenters. The molecule has 0 aliphatic heterocycles. The molecule has 1 amide bonds. The number of rotatable bonds is 4. The first-order chi connectivity index (χ1) is 8.66. The lowest BCUT2D eigenvalue weighted by atomic mass is 10.2. The van der Waals surface area contributed by atoms with Crippen LogP contribution in [-0.2, 0) is 6.42 Å². The van der Waals surface area contributed by atoms with E-state index in [1.165, 1.54) is 6.33 Å². The third-order valence-corrected chi connectivity index (χ3v) is 3.21. The van der Waals surface area contributed by atoms with Crippen molar-refractivity contribution in [2.45, 2.75) is 6.42 Å². The fraction of sp³-hybridized carbons (Fsp3) is 0.182. The van der Waals surface area contributed by atoms with Gasteiger partial charge < -0.3 is 5.32 Å². The van der Waals surface area contributed by atoms with Crippen LogP contribution in [0.3, 0.4) is 0 Å². The molecule has 0 aliphatic rings. The molecule has 0 saturated carbocycles. The molecule has 1 heterocycles. The van der Waals surface area contributed by atoms with Gasteiger partial charge in [-0.1, -0.05) is 11.6 Å². The molecule has 0 atom stereocenters. The molecule has 0 radical (unpaired) electrons. The second-order valence-corrected chi connectivity index (χ2v) is 4.85. The van der Waals surface area contributed by atoms with Crippen LogP contribution in [0.2, 0.25) is 5.02 Å². The van der Waals surface area contributed by atoms with Crippen LogP contribution in [0, 0.1) is 0 Å². The van der Waals surface area contributed by atoms with E-state index in [1.54, 1.807) is 18.2 Å². The number of aromatic amines is 1. The molecule has 2 rings (SSSR count). The Balaban J connectivity index is 1.93. The van der Waals surface area contributed by atoms with Gasteiger partial charge in [-0.15, -0.1) is 0 Å². The lowest BCUT2D eigenvalue weighted by Gasteiger charge is -2.06. The summed E-state index contributed by atoms with van der Waals surface area (Å²) in [4.78, 5) is 15.9. The van der Waals surface area contributed by atoms with E-state index in [2.05, 4.69) is 36.4 Å². The zero-order valence-corrected chi connectivity index (χ0v) is 11.6. The van der Waals surface area contributed by atoms with Crippen LogP contribution in [0.15, 0.2) is 29.0 Å². The van der Waals surface area contributed by atoms with Crippen LogP contribution in [0.4, 0.5) is 0 Å². The predicted octanol–water partition coefficient (Wildman–Crippen LogP) is 2.19. The maximum absolute atomic E-state index is 11.9. The Kier molecular flexibility index (Phi) is 4.33. The molecule has 2 aromatic rings. The van der Waals surface area contributed by atoms with Crippen molar-refractivity contribution in [3.05, 3.63) is 45.4 Å². The van der Waals surface area contributed by atoms with Crippen LogP contribution in [-0.4, -0.2) is 27.6 Å². The van der Waals surface area contributed by atoms with Gasteiger partial charge in [0.2, 0.25) is 0 Å². The van der Waals surface area contributed by atoms with E-state index in [9.17, 15) is 4.79 Å². The zero-order valence-electron chi connectivity index (χ0n) is 9.28. The molecule has 0 spiro atoms. The van der Waals surface area contributed by atoms with Crippen molar-refractivity contribution < 1.29 is 4.79 Å². The SMILES string of the molecule is O=C(NCCc1ncn[nH]1)c1cc(Cl)ccc1Br. The summed E-state index contributed by atoms with van der Waals surface area (Å²) < 4.78 is 0.712. The fourth-order valence-corrected chi connectivity index (χ4v) is 2.01. The summed E-state index contributed by atoms with van der Waals surface area (Å²) >= 11 is 9.17. The summed E-state index contributed by atoms with van der Waals surface area (Å²) in [5.74, 6) is 0.560. The van der Waals surface area contributed by atoms with E-state index in [0.29, 0.717) is 28.0 Å². The molecule has 18 heavy (non-hydrogen) atoms. The van der Waals surface area contributed by atoms with Crippen molar-refractivity contribution in [1.29, 1.82) is 0 Å². The first kappa shape index (κ1) is 13.0. The Morgan fingerprint density at radius 2 is 2.33 bits per heavy atom. The van der Waals surface area contributed by atoms with Gasteiger partial charge in [0.25, 0.3) is 5.91 Å². The van der Waals surface area contributed by atoms with Gasteiger partial charge in [-0.05, 0) is 34.1 Å². The number of hydrogen-bond acceptors (Lipinski definition) is 3. The maximum Gasteiger partial charge on any atom is 0.252 e. The number of hydrogen-bond donors (Lipinski definition) is 2. The number of nitrogens with one attached hydrogen (secondary N) is 2. The van der Waals surface area contributed by atoms with Crippen molar-refractivity contribution >= 4 is 33.4 Å². The van der Waals surface area contributed by atoms with E-state index < -0.39 is 0 Å². The minimum atomic E-state index is -0.177. The molecule has 5 nitrogen and oxygen atoms in total. The number of halogens is 2. The Hall–Kier alpha value is -1.40. The molecule has 2 N–H and O–H groups in total. The van der Waals surface area contributed by atoms with Gasteiger partial charge in [0.1, 0.15) is 12.2 Å². The Bertz CT molecular complexity index is 544.